The molecular weight excluding hydrogens is 518 g/mol. The first kappa shape index (κ1) is 25.5. The number of hydrogen-bond acceptors (Lipinski definition) is 7. The summed E-state index contributed by atoms with van der Waals surface area (Å²) in [4.78, 5) is 25.3. The van der Waals surface area contributed by atoms with Crippen LogP contribution in [0.5, 0.6) is 17.2 Å². The Bertz CT molecular complexity index is 1720. The summed E-state index contributed by atoms with van der Waals surface area (Å²) in [7, 11) is -4.42. The fraction of sp³-hybridized carbons (Fsp3) is 0. The largest absolute Gasteiger partial charge is 0.519 e. The molecule has 0 fully saturated rings. The first-order valence-electron chi connectivity index (χ1n) is 11.8. The van der Waals surface area contributed by atoms with Gasteiger partial charge in [0.1, 0.15) is 17.2 Å². The maximum absolute atomic E-state index is 13.8. The first-order chi connectivity index (χ1) is 18.9. The van der Waals surface area contributed by atoms with Gasteiger partial charge in [0.25, 0.3) is 10.0 Å². The molecule has 1 amide bonds. The molecule has 0 N–H and O–H groups in total. The topological polar surface area (TPSA) is 99.2 Å². The van der Waals surface area contributed by atoms with Crippen LogP contribution in [0, 0.1) is 0 Å². The van der Waals surface area contributed by atoms with E-state index in [4.69, 9.17) is 14.2 Å². The second-order valence-corrected chi connectivity index (χ2v) is 10.0. The summed E-state index contributed by atoms with van der Waals surface area (Å²) in [5, 5.41) is 1.54. The minimum absolute atomic E-state index is 0.0205. The molecule has 0 aliphatic rings. The first-order valence-corrected chi connectivity index (χ1v) is 13.2. The van der Waals surface area contributed by atoms with Crippen LogP contribution in [0.1, 0.15) is 0 Å². The summed E-state index contributed by atoms with van der Waals surface area (Å²) in [5.74, 6) is 0.555. The van der Waals surface area contributed by atoms with Crippen LogP contribution in [0.2, 0.25) is 0 Å². The molecule has 0 aromatic heterocycles. The number of carbonyl (C=O) groups is 2. The predicted octanol–water partition coefficient (Wildman–Crippen LogP) is 6.81. The summed E-state index contributed by atoms with van der Waals surface area (Å²) >= 11 is 0. The molecule has 8 nitrogen and oxygen atoms in total. The highest BCUT2D eigenvalue weighted by Crippen LogP contribution is 2.29. The Morgan fingerprint density at radius 2 is 1.05 bits per heavy atom. The number of amides is 1. The average molecular weight is 540 g/mol. The van der Waals surface area contributed by atoms with Crippen LogP contribution < -0.4 is 18.5 Å². The van der Waals surface area contributed by atoms with E-state index in [2.05, 4.69) is 0 Å². The molecule has 194 valence electrons. The number of hydrogen-bond donors (Lipinski definition) is 0. The zero-order valence-electron chi connectivity index (χ0n) is 20.3. The SMILES string of the molecule is O=C(Oc1ccccc1)Oc1ccc(N(C(=O)Oc2ccccc2)S(=O)(=O)c2ccc3ccccc3c2)cc1. The van der Waals surface area contributed by atoms with E-state index in [1.807, 2.05) is 12.1 Å². The van der Waals surface area contributed by atoms with Crippen molar-refractivity contribution in [1.82, 2.24) is 0 Å². The number of carbonyl (C=O) groups excluding carboxylic acids is 2. The lowest BCUT2D eigenvalue weighted by Gasteiger charge is -2.22. The molecule has 0 bridgehead atoms. The van der Waals surface area contributed by atoms with Crippen LogP contribution in [-0.4, -0.2) is 20.7 Å². The van der Waals surface area contributed by atoms with E-state index in [1.54, 1.807) is 66.7 Å². The van der Waals surface area contributed by atoms with E-state index in [-0.39, 0.29) is 22.1 Å². The van der Waals surface area contributed by atoms with Crippen LogP contribution in [-0.2, 0) is 10.0 Å². The molecule has 0 unspecified atom stereocenters. The third-order valence-corrected chi connectivity index (χ3v) is 7.28. The van der Waals surface area contributed by atoms with Gasteiger partial charge < -0.3 is 14.2 Å². The summed E-state index contributed by atoms with van der Waals surface area (Å²) in [5.41, 5.74) is -0.0205. The van der Waals surface area contributed by atoms with Crippen molar-refractivity contribution in [2.45, 2.75) is 4.90 Å². The Morgan fingerprint density at radius 1 is 0.538 bits per heavy atom. The maximum Gasteiger partial charge on any atom is 0.519 e. The molecule has 39 heavy (non-hydrogen) atoms. The number of anilines is 1. The predicted molar refractivity (Wildman–Crippen MR) is 146 cm³/mol. The highest BCUT2D eigenvalue weighted by atomic mass is 32.2. The fourth-order valence-corrected chi connectivity index (χ4v) is 5.12. The van der Waals surface area contributed by atoms with E-state index in [0.717, 1.165) is 5.39 Å². The van der Waals surface area contributed by atoms with E-state index in [9.17, 15) is 18.0 Å². The van der Waals surface area contributed by atoms with E-state index < -0.39 is 22.3 Å². The average Bonchev–Trinajstić information content (AvgIpc) is 2.95. The number of fused-ring (bicyclic) bond motifs is 1. The van der Waals surface area contributed by atoms with Crippen LogP contribution in [0.4, 0.5) is 15.3 Å². The molecule has 0 aliphatic heterocycles. The molecule has 0 saturated carbocycles. The van der Waals surface area contributed by atoms with Gasteiger partial charge in [-0.15, -0.1) is 0 Å². The lowest BCUT2D eigenvalue weighted by molar-refractivity contribution is 0.152. The lowest BCUT2D eigenvalue weighted by Crippen LogP contribution is -2.39. The van der Waals surface area contributed by atoms with Crippen molar-refractivity contribution < 1.29 is 32.2 Å². The van der Waals surface area contributed by atoms with Gasteiger partial charge in [-0.2, -0.15) is 4.31 Å². The van der Waals surface area contributed by atoms with E-state index in [0.29, 0.717) is 15.4 Å². The molecule has 0 aliphatic carbocycles. The van der Waals surface area contributed by atoms with Crippen LogP contribution >= 0.6 is 0 Å². The monoisotopic (exact) mass is 539 g/mol. The van der Waals surface area contributed by atoms with Crippen molar-refractivity contribution in [1.29, 1.82) is 0 Å². The van der Waals surface area contributed by atoms with Crippen molar-refractivity contribution in [3.8, 4) is 17.2 Å². The van der Waals surface area contributed by atoms with Crippen LogP contribution in [0.15, 0.2) is 132 Å². The normalized spacial score (nSPS) is 11.0. The van der Waals surface area contributed by atoms with Gasteiger partial charge in [-0.1, -0.05) is 66.7 Å². The summed E-state index contributed by atoms with van der Waals surface area (Å²) in [6, 6.07) is 33.7. The Labute approximate surface area is 224 Å². The Balaban J connectivity index is 1.45. The number of para-hydroxylation sites is 2. The van der Waals surface area contributed by atoms with Crippen molar-refractivity contribution in [2.24, 2.45) is 0 Å². The Morgan fingerprint density at radius 3 is 1.67 bits per heavy atom. The number of sulfonamides is 1. The Hall–Kier alpha value is -5.15. The van der Waals surface area contributed by atoms with Crippen LogP contribution in [0.25, 0.3) is 10.8 Å². The Kier molecular flexibility index (Phi) is 7.24. The molecule has 9 heteroatoms. The zero-order valence-corrected chi connectivity index (χ0v) is 21.2. The number of nitrogens with zero attached hydrogens (tertiary/aromatic N) is 1. The minimum atomic E-state index is -4.42. The second kappa shape index (κ2) is 11.1. The van der Waals surface area contributed by atoms with Gasteiger partial charge in [0.05, 0.1) is 10.6 Å². The zero-order chi connectivity index (χ0) is 27.2. The molecule has 5 aromatic carbocycles. The molecule has 0 radical (unpaired) electrons. The van der Waals surface area contributed by atoms with Gasteiger partial charge >= 0.3 is 12.2 Å². The third-order valence-electron chi connectivity index (χ3n) is 5.59. The van der Waals surface area contributed by atoms with Gasteiger partial charge in [0.15, 0.2) is 0 Å². The molecule has 0 atom stereocenters. The van der Waals surface area contributed by atoms with Gasteiger partial charge in [-0.05, 0) is 71.4 Å². The van der Waals surface area contributed by atoms with Gasteiger partial charge in [0.2, 0.25) is 0 Å². The summed E-state index contributed by atoms with van der Waals surface area (Å²) < 4.78 is 43.8. The maximum atomic E-state index is 13.8. The smallest absolute Gasteiger partial charge is 0.409 e. The van der Waals surface area contributed by atoms with Crippen molar-refractivity contribution >= 4 is 38.7 Å². The molecular formula is C30H21NO7S. The van der Waals surface area contributed by atoms with Gasteiger partial charge in [0, 0.05) is 0 Å². The van der Waals surface area contributed by atoms with Crippen LogP contribution in [0.3, 0.4) is 0 Å². The number of rotatable bonds is 6. The minimum Gasteiger partial charge on any atom is -0.409 e. The van der Waals surface area contributed by atoms with Crippen molar-refractivity contribution in [2.75, 3.05) is 4.31 Å². The number of ether oxygens (including phenoxy) is 3. The molecule has 0 spiro atoms. The quantitative estimate of drug-likeness (QED) is 0.173. The fourth-order valence-electron chi connectivity index (χ4n) is 3.76. The highest BCUT2D eigenvalue weighted by Gasteiger charge is 2.33. The van der Waals surface area contributed by atoms with Crippen molar-refractivity contribution in [3.05, 3.63) is 127 Å². The molecule has 5 aromatic rings. The molecule has 5 rings (SSSR count). The van der Waals surface area contributed by atoms with E-state index >= 15 is 0 Å². The summed E-state index contributed by atoms with van der Waals surface area (Å²) in [6.45, 7) is 0. The highest BCUT2D eigenvalue weighted by molar-refractivity contribution is 7.93. The standard InChI is InChI=1S/C30H21NO7S/c32-29(36-25-11-3-1-4-12-25)31(39(34,35)28-20-15-22-9-7-8-10-23(22)21-28)24-16-18-27(19-17-24)38-30(33)37-26-13-5-2-6-14-26/h1-21H. The lowest BCUT2D eigenvalue weighted by atomic mass is 10.1. The van der Waals surface area contributed by atoms with Crippen molar-refractivity contribution in [3.63, 3.8) is 0 Å². The molecule has 0 saturated heterocycles. The van der Waals surface area contributed by atoms with E-state index in [1.165, 1.54) is 48.5 Å². The van der Waals surface area contributed by atoms with Gasteiger partial charge in [-0.25, -0.2) is 18.0 Å². The van der Waals surface area contributed by atoms with Gasteiger partial charge in [-0.3, -0.25) is 0 Å². The summed E-state index contributed by atoms with van der Waals surface area (Å²) in [6.07, 6.45) is -2.11. The molecule has 0 heterocycles. The third kappa shape index (κ3) is 5.89. The second-order valence-electron chi connectivity index (χ2n) is 8.22. The number of benzene rings is 5.